The van der Waals surface area contributed by atoms with Crippen LogP contribution in [0, 0.1) is 17.8 Å². The first-order valence-corrected chi connectivity index (χ1v) is 10.6. The maximum Gasteiger partial charge on any atom is 0.391 e. The first-order valence-electron chi connectivity index (χ1n) is 10.6. The van der Waals surface area contributed by atoms with Crippen LogP contribution in [0.5, 0.6) is 11.6 Å². The van der Waals surface area contributed by atoms with Gasteiger partial charge in [-0.2, -0.15) is 18.3 Å². The molecule has 10 heteroatoms. The predicted octanol–water partition coefficient (Wildman–Crippen LogP) is 4.48. The molecule has 2 aromatic rings. The van der Waals surface area contributed by atoms with Crippen LogP contribution in [0.15, 0.2) is 24.4 Å². The Morgan fingerprint density at radius 2 is 1.97 bits per heavy atom. The van der Waals surface area contributed by atoms with Gasteiger partial charge in [-0.1, -0.05) is 0 Å². The normalized spacial score (nSPS) is 25.2. The van der Waals surface area contributed by atoms with E-state index in [1.54, 1.807) is 18.2 Å². The van der Waals surface area contributed by atoms with Crippen LogP contribution in [0.2, 0.25) is 0 Å². The molecule has 0 bridgehead atoms. The minimum atomic E-state index is -4.12. The van der Waals surface area contributed by atoms with Crippen LogP contribution in [0.4, 0.5) is 13.2 Å². The Labute approximate surface area is 183 Å². The molecule has 2 saturated carbocycles. The lowest BCUT2D eigenvalue weighted by molar-refractivity contribution is -0.184. The largest absolute Gasteiger partial charge is 0.495 e. The molecule has 2 heterocycles. The summed E-state index contributed by atoms with van der Waals surface area (Å²) < 4.78 is 49.5. The number of hydrogen-bond donors (Lipinski definition) is 1. The van der Waals surface area contributed by atoms with Crippen molar-refractivity contribution in [1.82, 2.24) is 15.2 Å². The first kappa shape index (κ1) is 22.3. The number of methoxy groups -OCH3 is 1. The van der Waals surface area contributed by atoms with Crippen LogP contribution in [0.1, 0.15) is 43.7 Å². The lowest BCUT2D eigenvalue weighted by Crippen LogP contribution is -2.29. The van der Waals surface area contributed by atoms with Crippen molar-refractivity contribution < 1.29 is 32.5 Å². The fourth-order valence-corrected chi connectivity index (χ4v) is 4.25. The molecular weight excluding hydrogens is 427 g/mol. The number of ether oxygens (including phenoxy) is 2. The number of aliphatic carboxylic acids is 1. The van der Waals surface area contributed by atoms with Gasteiger partial charge in [0.25, 0.3) is 0 Å². The second-order valence-electron chi connectivity index (χ2n) is 8.42. The minimum absolute atomic E-state index is 0.0487. The molecule has 0 amide bonds. The Balaban J connectivity index is 1.42. The van der Waals surface area contributed by atoms with Crippen LogP contribution in [0.3, 0.4) is 0 Å². The van der Waals surface area contributed by atoms with E-state index in [1.165, 1.54) is 13.3 Å². The van der Waals surface area contributed by atoms with E-state index in [-0.39, 0.29) is 37.2 Å². The number of hydrogen-bond acceptors (Lipinski definition) is 6. The quantitative estimate of drug-likeness (QED) is 0.663. The van der Waals surface area contributed by atoms with E-state index in [9.17, 15) is 23.1 Å². The van der Waals surface area contributed by atoms with Gasteiger partial charge in [-0.25, -0.2) is 4.98 Å². The summed E-state index contributed by atoms with van der Waals surface area (Å²) in [6.07, 6.45) is -0.899. The van der Waals surface area contributed by atoms with E-state index in [0.29, 0.717) is 42.0 Å². The van der Waals surface area contributed by atoms with Gasteiger partial charge in [0.2, 0.25) is 5.88 Å². The molecule has 1 N–H and O–H groups in total. The molecule has 2 atom stereocenters. The molecular formula is C22H24F3N3O4. The summed E-state index contributed by atoms with van der Waals surface area (Å²) in [6.45, 7) is 0.284. The predicted molar refractivity (Wildman–Crippen MR) is 107 cm³/mol. The number of carboxylic acids is 1. The highest BCUT2D eigenvalue weighted by molar-refractivity contribution is 5.75. The fourth-order valence-electron chi connectivity index (χ4n) is 4.25. The minimum Gasteiger partial charge on any atom is -0.495 e. The molecule has 2 aliphatic rings. The molecule has 2 aliphatic carbocycles. The van der Waals surface area contributed by atoms with Gasteiger partial charge in [0.05, 0.1) is 43.1 Å². The Bertz CT molecular complexity index is 977. The monoisotopic (exact) mass is 451 g/mol. The standard InChI is InChI=1S/C22H24F3N3O4/c1-31-18-7-6-17(27-20(18)15-9-16(15)21(29)30)13-8-19(28-26-10-13)32-11-12-2-4-14(5-3-12)22(23,24)25/h6-8,10,12,14-16H,2-5,9,11H2,1H3,(H,29,30)/t12?,14?,15-,16-/m0/s1. The van der Waals surface area contributed by atoms with E-state index in [0.717, 1.165) is 0 Å². The highest BCUT2D eigenvalue weighted by Crippen LogP contribution is 2.50. The Kier molecular flexibility index (Phi) is 6.21. The van der Waals surface area contributed by atoms with Crippen molar-refractivity contribution in [1.29, 1.82) is 0 Å². The lowest BCUT2D eigenvalue weighted by Gasteiger charge is -2.29. The van der Waals surface area contributed by atoms with E-state index in [2.05, 4.69) is 15.2 Å². The van der Waals surface area contributed by atoms with E-state index < -0.39 is 24.0 Å². The molecule has 7 nitrogen and oxygen atoms in total. The van der Waals surface area contributed by atoms with E-state index in [1.807, 2.05) is 0 Å². The Hall–Kier alpha value is -2.91. The second kappa shape index (κ2) is 8.91. The van der Waals surface area contributed by atoms with Gasteiger partial charge in [-0.05, 0) is 50.2 Å². The number of carbonyl (C=O) groups is 1. The zero-order chi connectivity index (χ0) is 22.9. The van der Waals surface area contributed by atoms with Crippen molar-refractivity contribution in [3.05, 3.63) is 30.1 Å². The molecule has 0 saturated heterocycles. The highest BCUT2D eigenvalue weighted by Gasteiger charge is 2.47. The van der Waals surface area contributed by atoms with Crippen LogP contribution < -0.4 is 9.47 Å². The van der Waals surface area contributed by atoms with Crippen molar-refractivity contribution in [2.24, 2.45) is 17.8 Å². The molecule has 0 aromatic carbocycles. The van der Waals surface area contributed by atoms with Crippen LogP contribution in [-0.2, 0) is 4.79 Å². The molecule has 2 fully saturated rings. The maximum absolute atomic E-state index is 12.8. The van der Waals surface area contributed by atoms with Crippen molar-refractivity contribution in [3.63, 3.8) is 0 Å². The molecule has 2 aromatic heterocycles. The molecule has 0 spiro atoms. The smallest absolute Gasteiger partial charge is 0.391 e. The zero-order valence-electron chi connectivity index (χ0n) is 17.5. The van der Waals surface area contributed by atoms with Crippen molar-refractivity contribution >= 4 is 5.97 Å². The topological polar surface area (TPSA) is 94.4 Å². The molecule has 0 aliphatic heterocycles. The van der Waals surface area contributed by atoms with Gasteiger partial charge in [0.15, 0.2) is 0 Å². The summed E-state index contributed by atoms with van der Waals surface area (Å²) in [4.78, 5) is 15.9. The summed E-state index contributed by atoms with van der Waals surface area (Å²) in [5.41, 5.74) is 1.83. The lowest BCUT2D eigenvalue weighted by atomic mass is 9.82. The van der Waals surface area contributed by atoms with Gasteiger partial charge in [0.1, 0.15) is 5.75 Å². The number of aromatic nitrogens is 3. The highest BCUT2D eigenvalue weighted by atomic mass is 19.4. The summed E-state index contributed by atoms with van der Waals surface area (Å²) in [5, 5.41) is 17.1. The summed E-state index contributed by atoms with van der Waals surface area (Å²) >= 11 is 0. The summed E-state index contributed by atoms with van der Waals surface area (Å²) in [7, 11) is 1.51. The third-order valence-corrected chi connectivity index (χ3v) is 6.27. The van der Waals surface area contributed by atoms with Crippen molar-refractivity contribution in [2.75, 3.05) is 13.7 Å². The van der Waals surface area contributed by atoms with Crippen molar-refractivity contribution in [3.8, 4) is 22.9 Å². The number of halogens is 3. The second-order valence-corrected chi connectivity index (χ2v) is 8.42. The van der Waals surface area contributed by atoms with Gasteiger partial charge in [-0.15, -0.1) is 5.10 Å². The number of pyridine rings is 1. The van der Waals surface area contributed by atoms with Gasteiger partial charge < -0.3 is 14.6 Å². The summed E-state index contributed by atoms with van der Waals surface area (Å²) in [6, 6.07) is 5.17. The third kappa shape index (κ3) is 4.94. The van der Waals surface area contributed by atoms with Crippen LogP contribution in [-0.4, -0.2) is 46.2 Å². The van der Waals surface area contributed by atoms with Crippen molar-refractivity contribution in [2.45, 2.75) is 44.2 Å². The number of nitrogens with zero attached hydrogens (tertiary/aromatic N) is 3. The number of alkyl halides is 3. The molecule has 0 unspecified atom stereocenters. The molecule has 0 radical (unpaired) electrons. The van der Waals surface area contributed by atoms with Crippen LogP contribution in [0.25, 0.3) is 11.3 Å². The molecule has 172 valence electrons. The SMILES string of the molecule is COc1ccc(-c2cnnc(OCC3CCC(C(F)(F)F)CC3)c2)nc1[C@H]1C[C@@H]1C(=O)O. The maximum atomic E-state index is 12.8. The molecule has 4 rings (SSSR count). The Morgan fingerprint density at radius 3 is 2.59 bits per heavy atom. The van der Waals surface area contributed by atoms with E-state index in [4.69, 9.17) is 9.47 Å². The Morgan fingerprint density at radius 1 is 1.22 bits per heavy atom. The van der Waals surface area contributed by atoms with Gasteiger partial charge >= 0.3 is 12.1 Å². The average Bonchev–Trinajstić information content (AvgIpc) is 3.58. The zero-order valence-corrected chi connectivity index (χ0v) is 17.5. The molecule has 32 heavy (non-hydrogen) atoms. The van der Waals surface area contributed by atoms with E-state index >= 15 is 0 Å². The number of carboxylic acid groups (broad SMARTS) is 1. The average molecular weight is 451 g/mol. The number of rotatable bonds is 7. The van der Waals surface area contributed by atoms with Crippen LogP contribution >= 0.6 is 0 Å². The fraction of sp³-hybridized carbons (Fsp3) is 0.545. The van der Waals surface area contributed by atoms with Gasteiger partial charge in [0, 0.05) is 17.5 Å². The summed E-state index contributed by atoms with van der Waals surface area (Å²) in [5.74, 6) is -1.87. The third-order valence-electron chi connectivity index (χ3n) is 6.27. The van der Waals surface area contributed by atoms with Gasteiger partial charge in [-0.3, -0.25) is 4.79 Å². The first-order chi connectivity index (χ1) is 15.3.